The number of hydrogen-bond acceptors (Lipinski definition) is 3. The normalized spacial score (nSPS) is 31.0. The predicted octanol–water partition coefficient (Wildman–Crippen LogP) is 4.57. The summed E-state index contributed by atoms with van der Waals surface area (Å²) < 4.78 is -0.397. The SMILES string of the molecule is [O-][N+]12CC3CCCCC3N=C1N(c1ccccc1)c1ccccc12. The van der Waals surface area contributed by atoms with E-state index in [1.807, 2.05) is 42.5 Å². The minimum Gasteiger partial charge on any atom is -0.619 e. The zero-order valence-electron chi connectivity index (χ0n) is 13.6. The van der Waals surface area contributed by atoms with Crippen molar-refractivity contribution < 1.29 is 0 Å². The fourth-order valence-corrected chi connectivity index (χ4v) is 4.55. The van der Waals surface area contributed by atoms with Crippen LogP contribution in [0.15, 0.2) is 59.6 Å². The third-order valence-corrected chi connectivity index (χ3v) is 5.69. The molecule has 2 heterocycles. The monoisotopic (exact) mass is 319 g/mol. The smallest absolute Gasteiger partial charge is 0.315 e. The van der Waals surface area contributed by atoms with Crippen molar-refractivity contribution in [2.24, 2.45) is 10.9 Å². The fraction of sp³-hybridized carbons (Fsp3) is 0.350. The van der Waals surface area contributed by atoms with E-state index >= 15 is 0 Å². The van der Waals surface area contributed by atoms with Crippen LogP contribution in [0.25, 0.3) is 0 Å². The molecule has 2 aromatic carbocycles. The highest BCUT2D eigenvalue weighted by atomic mass is 16.6. The van der Waals surface area contributed by atoms with Crippen molar-refractivity contribution in [1.82, 2.24) is 4.65 Å². The highest BCUT2D eigenvalue weighted by molar-refractivity contribution is 6.17. The number of benzene rings is 2. The summed E-state index contributed by atoms with van der Waals surface area (Å²) in [7, 11) is 0. The van der Waals surface area contributed by atoms with Gasteiger partial charge in [0.05, 0.1) is 18.3 Å². The van der Waals surface area contributed by atoms with Crippen molar-refractivity contribution in [3.63, 3.8) is 0 Å². The molecule has 3 unspecified atom stereocenters. The van der Waals surface area contributed by atoms with E-state index in [0.29, 0.717) is 24.5 Å². The topological polar surface area (TPSA) is 38.7 Å². The van der Waals surface area contributed by atoms with E-state index in [4.69, 9.17) is 4.99 Å². The maximum atomic E-state index is 13.9. The van der Waals surface area contributed by atoms with Crippen molar-refractivity contribution in [3.05, 3.63) is 59.8 Å². The fourth-order valence-electron chi connectivity index (χ4n) is 4.55. The molecule has 2 aromatic rings. The number of nitrogens with zero attached hydrogens (tertiary/aromatic N) is 3. The molecule has 0 saturated heterocycles. The van der Waals surface area contributed by atoms with Crippen LogP contribution in [0, 0.1) is 11.1 Å². The molecule has 1 saturated carbocycles. The molecule has 4 nitrogen and oxygen atoms in total. The summed E-state index contributed by atoms with van der Waals surface area (Å²) in [6.45, 7) is 0.629. The molecule has 4 heteroatoms. The van der Waals surface area contributed by atoms with Crippen LogP contribution >= 0.6 is 0 Å². The third kappa shape index (κ3) is 1.90. The number of hydroxylamine groups is 2. The van der Waals surface area contributed by atoms with Crippen LogP contribution in [-0.2, 0) is 0 Å². The molecule has 2 aliphatic heterocycles. The predicted molar refractivity (Wildman–Crippen MR) is 98.2 cm³/mol. The molecule has 5 rings (SSSR count). The Balaban J connectivity index is 1.71. The number of para-hydroxylation sites is 3. The lowest BCUT2D eigenvalue weighted by Gasteiger charge is -2.46. The molecule has 24 heavy (non-hydrogen) atoms. The molecule has 1 aliphatic carbocycles. The Hall–Kier alpha value is -2.17. The van der Waals surface area contributed by atoms with Crippen LogP contribution in [0.5, 0.6) is 0 Å². The number of rotatable bonds is 1. The highest BCUT2D eigenvalue weighted by Crippen LogP contribution is 2.49. The molecule has 0 spiro atoms. The van der Waals surface area contributed by atoms with Gasteiger partial charge >= 0.3 is 5.96 Å². The maximum absolute atomic E-state index is 13.9. The number of guanidine groups is 1. The van der Waals surface area contributed by atoms with Gasteiger partial charge in [-0.25, -0.2) is 9.89 Å². The second kappa shape index (κ2) is 5.16. The first kappa shape index (κ1) is 14.2. The summed E-state index contributed by atoms with van der Waals surface area (Å²) in [5.74, 6) is 1.08. The lowest BCUT2D eigenvalue weighted by molar-refractivity contribution is 0.251. The largest absolute Gasteiger partial charge is 0.619 e. The van der Waals surface area contributed by atoms with Crippen molar-refractivity contribution in [1.29, 1.82) is 0 Å². The molecule has 0 amide bonds. The lowest BCUT2D eigenvalue weighted by atomic mass is 9.83. The van der Waals surface area contributed by atoms with E-state index in [2.05, 4.69) is 17.0 Å². The summed E-state index contributed by atoms with van der Waals surface area (Å²) in [6, 6.07) is 18.5. The molecule has 3 aliphatic rings. The van der Waals surface area contributed by atoms with Gasteiger partial charge in [-0.05, 0) is 31.0 Å². The van der Waals surface area contributed by atoms with Crippen LogP contribution in [0.1, 0.15) is 25.7 Å². The molecular weight excluding hydrogens is 298 g/mol. The van der Waals surface area contributed by atoms with Gasteiger partial charge in [-0.3, -0.25) is 4.65 Å². The molecule has 0 bridgehead atoms. The Morgan fingerprint density at radius 3 is 2.58 bits per heavy atom. The van der Waals surface area contributed by atoms with Crippen LogP contribution < -0.4 is 9.55 Å². The number of anilines is 2. The Kier molecular flexibility index (Phi) is 3.05. The average Bonchev–Trinajstić information content (AvgIpc) is 2.88. The van der Waals surface area contributed by atoms with Gasteiger partial charge in [-0.2, -0.15) is 0 Å². The van der Waals surface area contributed by atoms with E-state index in [1.165, 1.54) is 12.8 Å². The maximum Gasteiger partial charge on any atom is 0.315 e. The van der Waals surface area contributed by atoms with E-state index < -0.39 is 4.65 Å². The molecular formula is C20H21N3O. The third-order valence-electron chi connectivity index (χ3n) is 5.69. The average molecular weight is 319 g/mol. The summed E-state index contributed by atoms with van der Waals surface area (Å²) in [5.41, 5.74) is 2.84. The van der Waals surface area contributed by atoms with Gasteiger partial charge in [0.2, 0.25) is 0 Å². The molecule has 0 aromatic heterocycles. The van der Waals surface area contributed by atoms with Crippen LogP contribution in [0.2, 0.25) is 0 Å². The van der Waals surface area contributed by atoms with Gasteiger partial charge < -0.3 is 5.21 Å². The first-order valence-corrected chi connectivity index (χ1v) is 8.89. The second-order valence-electron chi connectivity index (χ2n) is 7.12. The van der Waals surface area contributed by atoms with Gasteiger partial charge in [0.1, 0.15) is 5.69 Å². The zero-order chi connectivity index (χ0) is 16.1. The number of quaternary nitrogens is 1. The van der Waals surface area contributed by atoms with Crippen LogP contribution in [-0.4, -0.2) is 18.5 Å². The Bertz CT molecular complexity index is 804. The van der Waals surface area contributed by atoms with E-state index in [0.717, 1.165) is 29.9 Å². The lowest BCUT2D eigenvalue weighted by Crippen LogP contribution is -2.58. The standard InChI is InChI=1S/C20H21N3O/c24-23-14-15-8-4-5-11-17(15)21-20(23)22(16-9-2-1-3-10-16)18-12-6-7-13-19(18)23/h1-3,6-7,9-10,12-13,15,17H,4-5,8,11,14H2. The van der Waals surface area contributed by atoms with Crippen LogP contribution in [0.4, 0.5) is 17.1 Å². The molecule has 122 valence electrons. The summed E-state index contributed by atoms with van der Waals surface area (Å²) in [5, 5.41) is 13.9. The summed E-state index contributed by atoms with van der Waals surface area (Å²) in [6.07, 6.45) is 4.72. The molecule has 3 atom stereocenters. The quantitative estimate of drug-likeness (QED) is 0.570. The number of hydrogen-bond donors (Lipinski definition) is 0. The van der Waals surface area contributed by atoms with E-state index in [-0.39, 0.29) is 0 Å². The minimum atomic E-state index is -0.397. The molecule has 0 radical (unpaired) electrons. The van der Waals surface area contributed by atoms with Crippen molar-refractivity contribution in [2.75, 3.05) is 11.4 Å². The van der Waals surface area contributed by atoms with E-state index in [9.17, 15) is 5.21 Å². The number of aliphatic imine (C=N–C) groups is 1. The molecule has 1 fully saturated rings. The molecule has 0 N–H and O–H groups in total. The van der Waals surface area contributed by atoms with Gasteiger partial charge in [0, 0.05) is 12.0 Å². The van der Waals surface area contributed by atoms with Gasteiger partial charge in [-0.1, -0.05) is 43.2 Å². The second-order valence-corrected chi connectivity index (χ2v) is 7.12. The van der Waals surface area contributed by atoms with Crippen molar-refractivity contribution >= 4 is 23.0 Å². The number of fused-ring (bicyclic) bond motifs is 4. The summed E-state index contributed by atoms with van der Waals surface area (Å²) >= 11 is 0. The summed E-state index contributed by atoms with van der Waals surface area (Å²) in [4.78, 5) is 7.09. The Morgan fingerprint density at radius 1 is 0.958 bits per heavy atom. The first-order valence-electron chi connectivity index (χ1n) is 8.89. The van der Waals surface area contributed by atoms with Gasteiger partial charge in [-0.15, -0.1) is 0 Å². The van der Waals surface area contributed by atoms with Crippen molar-refractivity contribution in [3.8, 4) is 0 Å². The highest BCUT2D eigenvalue weighted by Gasteiger charge is 2.50. The van der Waals surface area contributed by atoms with E-state index in [1.54, 1.807) is 0 Å². The van der Waals surface area contributed by atoms with Gasteiger partial charge in [0.15, 0.2) is 5.69 Å². The Labute approximate surface area is 142 Å². The van der Waals surface area contributed by atoms with Crippen LogP contribution in [0.3, 0.4) is 0 Å². The minimum absolute atomic E-state index is 0.314. The zero-order valence-corrected chi connectivity index (χ0v) is 13.6. The van der Waals surface area contributed by atoms with Crippen molar-refractivity contribution in [2.45, 2.75) is 31.7 Å². The van der Waals surface area contributed by atoms with Gasteiger partial charge in [0.25, 0.3) is 0 Å². The Morgan fingerprint density at radius 2 is 1.71 bits per heavy atom. The first-order chi connectivity index (χ1) is 11.8.